The Morgan fingerprint density at radius 3 is 2.58 bits per heavy atom. The lowest BCUT2D eigenvalue weighted by molar-refractivity contribution is 0.176. The maximum Gasteiger partial charge on any atom is 0.00792 e. The average molecular weight is 266 g/mol. The van der Waals surface area contributed by atoms with Crippen LogP contribution < -0.4 is 5.32 Å². The summed E-state index contributed by atoms with van der Waals surface area (Å²) in [6.45, 7) is 8.63. The van der Waals surface area contributed by atoms with Gasteiger partial charge in [-0.05, 0) is 64.1 Å². The second kappa shape index (κ2) is 7.64. The van der Waals surface area contributed by atoms with Crippen LogP contribution in [0.4, 0.5) is 0 Å². The van der Waals surface area contributed by atoms with Crippen LogP contribution in [0.25, 0.3) is 0 Å². The Kier molecular flexibility index (Phi) is 6.15. The average Bonchev–Trinajstić information content (AvgIpc) is 2.41. The minimum Gasteiger partial charge on any atom is -0.314 e. The van der Waals surface area contributed by atoms with Crippen LogP contribution >= 0.6 is 0 Å². The van der Waals surface area contributed by atoms with E-state index in [2.05, 4.69) is 31.1 Å². The summed E-state index contributed by atoms with van der Waals surface area (Å²) in [5.74, 6) is 2.86. The first-order chi connectivity index (χ1) is 9.15. The van der Waals surface area contributed by atoms with E-state index < -0.39 is 0 Å². The van der Waals surface area contributed by atoms with Crippen LogP contribution in [0, 0.1) is 17.8 Å². The van der Waals surface area contributed by atoms with Gasteiger partial charge >= 0.3 is 0 Å². The molecule has 112 valence electrons. The Labute approximate surface area is 120 Å². The number of nitrogens with zero attached hydrogens (tertiary/aromatic N) is 1. The molecule has 0 aromatic carbocycles. The Balaban J connectivity index is 1.59. The van der Waals surface area contributed by atoms with Gasteiger partial charge in [-0.1, -0.05) is 32.6 Å². The fraction of sp³-hybridized carbons (Fsp3) is 1.00. The standard InChI is InChI=1S/C17H34N2/c1-14-6-8-16(9-7-14)10-11-18-15(2)17-5-4-12-19(3)13-17/h14-18H,4-13H2,1-3H3. The van der Waals surface area contributed by atoms with Crippen molar-refractivity contribution >= 4 is 0 Å². The van der Waals surface area contributed by atoms with E-state index >= 15 is 0 Å². The first-order valence-corrected chi connectivity index (χ1v) is 8.57. The summed E-state index contributed by atoms with van der Waals surface area (Å²) in [6, 6.07) is 0.699. The molecule has 0 bridgehead atoms. The first-order valence-electron chi connectivity index (χ1n) is 8.57. The predicted molar refractivity (Wildman–Crippen MR) is 83.4 cm³/mol. The molecule has 1 heterocycles. The minimum absolute atomic E-state index is 0.699. The molecule has 2 rings (SSSR count). The molecule has 0 spiro atoms. The monoisotopic (exact) mass is 266 g/mol. The van der Waals surface area contributed by atoms with Crippen molar-refractivity contribution in [3.05, 3.63) is 0 Å². The molecule has 19 heavy (non-hydrogen) atoms. The van der Waals surface area contributed by atoms with Gasteiger partial charge in [-0.25, -0.2) is 0 Å². The van der Waals surface area contributed by atoms with E-state index in [-0.39, 0.29) is 0 Å². The fourth-order valence-electron chi connectivity index (χ4n) is 3.91. The lowest BCUT2D eigenvalue weighted by atomic mass is 9.81. The zero-order valence-electron chi connectivity index (χ0n) is 13.3. The second-order valence-electron chi connectivity index (χ2n) is 7.32. The smallest absolute Gasteiger partial charge is 0.00792 e. The summed E-state index contributed by atoms with van der Waals surface area (Å²) >= 11 is 0. The quantitative estimate of drug-likeness (QED) is 0.819. The van der Waals surface area contributed by atoms with Crippen LogP contribution in [0.2, 0.25) is 0 Å². The van der Waals surface area contributed by atoms with Gasteiger partial charge in [-0.2, -0.15) is 0 Å². The second-order valence-corrected chi connectivity index (χ2v) is 7.32. The van der Waals surface area contributed by atoms with E-state index in [1.165, 1.54) is 64.6 Å². The Morgan fingerprint density at radius 1 is 1.16 bits per heavy atom. The predicted octanol–water partition coefficient (Wildman–Crippen LogP) is 3.52. The van der Waals surface area contributed by atoms with Gasteiger partial charge in [0.05, 0.1) is 0 Å². The van der Waals surface area contributed by atoms with Crippen molar-refractivity contribution < 1.29 is 0 Å². The van der Waals surface area contributed by atoms with Crippen LogP contribution in [-0.4, -0.2) is 37.6 Å². The zero-order chi connectivity index (χ0) is 13.7. The van der Waals surface area contributed by atoms with Crippen LogP contribution in [0.5, 0.6) is 0 Å². The highest BCUT2D eigenvalue weighted by Crippen LogP contribution is 2.30. The van der Waals surface area contributed by atoms with Gasteiger partial charge in [0.15, 0.2) is 0 Å². The minimum atomic E-state index is 0.699. The maximum atomic E-state index is 3.80. The third-order valence-electron chi connectivity index (χ3n) is 5.52. The topological polar surface area (TPSA) is 15.3 Å². The van der Waals surface area contributed by atoms with E-state index in [9.17, 15) is 0 Å². The molecular weight excluding hydrogens is 232 g/mol. The maximum absolute atomic E-state index is 3.80. The van der Waals surface area contributed by atoms with Gasteiger partial charge in [0.2, 0.25) is 0 Å². The SMILES string of the molecule is CC1CCC(CCNC(C)C2CCCN(C)C2)CC1. The molecule has 0 radical (unpaired) electrons. The molecule has 2 atom stereocenters. The fourth-order valence-corrected chi connectivity index (χ4v) is 3.91. The van der Waals surface area contributed by atoms with Gasteiger partial charge in [0, 0.05) is 12.6 Å². The van der Waals surface area contributed by atoms with Gasteiger partial charge in [0.1, 0.15) is 0 Å². The Morgan fingerprint density at radius 2 is 1.89 bits per heavy atom. The molecule has 1 saturated heterocycles. The van der Waals surface area contributed by atoms with E-state index in [4.69, 9.17) is 0 Å². The summed E-state index contributed by atoms with van der Waals surface area (Å²) in [5.41, 5.74) is 0. The molecule has 2 unspecified atom stereocenters. The van der Waals surface area contributed by atoms with E-state index in [0.29, 0.717) is 6.04 Å². The number of piperidine rings is 1. The number of hydrogen-bond donors (Lipinski definition) is 1. The first kappa shape index (κ1) is 15.3. The Bertz CT molecular complexity index is 246. The number of likely N-dealkylation sites (tertiary alicyclic amines) is 1. The summed E-state index contributed by atoms with van der Waals surface area (Å²) in [6.07, 6.45) is 10.1. The van der Waals surface area contributed by atoms with Crippen LogP contribution in [0.1, 0.15) is 58.8 Å². The molecule has 0 aromatic rings. The molecule has 1 aliphatic carbocycles. The number of hydrogen-bond acceptors (Lipinski definition) is 2. The molecule has 1 N–H and O–H groups in total. The highest BCUT2D eigenvalue weighted by molar-refractivity contribution is 4.79. The largest absolute Gasteiger partial charge is 0.314 e. The van der Waals surface area contributed by atoms with E-state index in [1.807, 2.05) is 0 Å². The summed E-state index contributed by atoms with van der Waals surface area (Å²) in [5, 5.41) is 3.80. The Hall–Kier alpha value is -0.0800. The van der Waals surface area contributed by atoms with Crippen LogP contribution in [0.15, 0.2) is 0 Å². The molecule has 2 heteroatoms. The lowest BCUT2D eigenvalue weighted by Gasteiger charge is -2.34. The molecule has 1 saturated carbocycles. The van der Waals surface area contributed by atoms with Crippen molar-refractivity contribution in [1.29, 1.82) is 0 Å². The molecule has 2 aliphatic rings. The van der Waals surface area contributed by atoms with Crippen molar-refractivity contribution in [2.24, 2.45) is 17.8 Å². The summed E-state index contributed by atoms with van der Waals surface area (Å²) < 4.78 is 0. The normalized spacial score (nSPS) is 35.2. The summed E-state index contributed by atoms with van der Waals surface area (Å²) in [7, 11) is 2.27. The molecular formula is C17H34N2. The molecule has 0 amide bonds. The molecule has 2 fully saturated rings. The third-order valence-corrected chi connectivity index (χ3v) is 5.52. The van der Waals surface area contributed by atoms with Crippen molar-refractivity contribution in [1.82, 2.24) is 10.2 Å². The summed E-state index contributed by atoms with van der Waals surface area (Å²) in [4.78, 5) is 2.49. The van der Waals surface area contributed by atoms with Gasteiger partial charge < -0.3 is 10.2 Å². The highest BCUT2D eigenvalue weighted by atomic mass is 15.1. The molecule has 2 nitrogen and oxygen atoms in total. The van der Waals surface area contributed by atoms with Crippen molar-refractivity contribution in [2.45, 2.75) is 64.8 Å². The van der Waals surface area contributed by atoms with Crippen molar-refractivity contribution in [3.8, 4) is 0 Å². The van der Waals surface area contributed by atoms with Gasteiger partial charge in [-0.15, -0.1) is 0 Å². The van der Waals surface area contributed by atoms with Gasteiger partial charge in [0.25, 0.3) is 0 Å². The van der Waals surface area contributed by atoms with Crippen molar-refractivity contribution in [2.75, 3.05) is 26.7 Å². The lowest BCUT2D eigenvalue weighted by Crippen LogP contribution is -2.43. The number of rotatable bonds is 5. The molecule has 0 aromatic heterocycles. The van der Waals surface area contributed by atoms with Crippen LogP contribution in [0.3, 0.4) is 0 Å². The van der Waals surface area contributed by atoms with E-state index in [0.717, 1.165) is 17.8 Å². The number of nitrogens with one attached hydrogen (secondary N) is 1. The molecule has 1 aliphatic heterocycles. The van der Waals surface area contributed by atoms with Crippen LogP contribution in [-0.2, 0) is 0 Å². The van der Waals surface area contributed by atoms with E-state index in [1.54, 1.807) is 0 Å². The van der Waals surface area contributed by atoms with Crippen molar-refractivity contribution in [3.63, 3.8) is 0 Å². The van der Waals surface area contributed by atoms with Gasteiger partial charge in [-0.3, -0.25) is 0 Å². The highest BCUT2D eigenvalue weighted by Gasteiger charge is 2.23. The third kappa shape index (κ3) is 5.07. The zero-order valence-corrected chi connectivity index (χ0v) is 13.3.